The highest BCUT2D eigenvalue weighted by Crippen LogP contribution is 2.24. The van der Waals surface area contributed by atoms with Gasteiger partial charge in [-0.1, -0.05) is 6.07 Å². The highest BCUT2D eigenvalue weighted by Gasteiger charge is 2.31. The number of carbonyl (C=O) groups is 3. The van der Waals surface area contributed by atoms with Crippen LogP contribution in [0.5, 0.6) is 0 Å². The van der Waals surface area contributed by atoms with E-state index in [2.05, 4.69) is 5.32 Å². The Kier molecular flexibility index (Phi) is 7.26. The van der Waals surface area contributed by atoms with Crippen LogP contribution in [-0.2, 0) is 27.8 Å². The van der Waals surface area contributed by atoms with E-state index in [1.807, 2.05) is 39.0 Å². The summed E-state index contributed by atoms with van der Waals surface area (Å²) in [6.07, 6.45) is 1.02. The molecule has 1 aromatic carbocycles. The lowest BCUT2D eigenvalue weighted by molar-refractivity contribution is -0.135. The maximum absolute atomic E-state index is 12.8. The van der Waals surface area contributed by atoms with Crippen molar-refractivity contribution in [3.05, 3.63) is 34.2 Å². The van der Waals surface area contributed by atoms with Crippen LogP contribution in [0.3, 0.4) is 0 Å². The van der Waals surface area contributed by atoms with Crippen molar-refractivity contribution in [2.45, 2.75) is 58.0 Å². The van der Waals surface area contributed by atoms with Crippen molar-refractivity contribution in [2.75, 3.05) is 19.8 Å². The molecule has 180 valence electrons. The molecule has 1 aliphatic heterocycles. The summed E-state index contributed by atoms with van der Waals surface area (Å²) in [4.78, 5) is 49.3. The molecular formula is C23H32N4O6. The number of hydrogen-bond acceptors (Lipinski definition) is 5. The number of aryl methyl sites for hydroxylation is 2. The first-order valence-electron chi connectivity index (χ1n) is 11.1. The summed E-state index contributed by atoms with van der Waals surface area (Å²) in [5, 5.41) is 11.6. The number of imidazole rings is 1. The molecular weight excluding hydrogens is 428 g/mol. The van der Waals surface area contributed by atoms with Crippen molar-refractivity contribution >= 4 is 28.9 Å². The average Bonchev–Trinajstić information content (AvgIpc) is 2.96. The Morgan fingerprint density at radius 1 is 1.21 bits per heavy atom. The van der Waals surface area contributed by atoms with Gasteiger partial charge < -0.3 is 14.7 Å². The van der Waals surface area contributed by atoms with Gasteiger partial charge >= 0.3 is 11.8 Å². The Morgan fingerprint density at radius 3 is 2.58 bits per heavy atom. The number of carbonyl (C=O) groups excluding carboxylic acids is 2. The van der Waals surface area contributed by atoms with Crippen LogP contribution in [0.2, 0.25) is 0 Å². The lowest BCUT2D eigenvalue weighted by Crippen LogP contribution is -2.46. The molecule has 3 rings (SSSR count). The van der Waals surface area contributed by atoms with E-state index in [1.54, 1.807) is 7.05 Å². The van der Waals surface area contributed by atoms with Crippen LogP contribution in [0.4, 0.5) is 4.79 Å². The molecule has 3 amide bonds. The summed E-state index contributed by atoms with van der Waals surface area (Å²) in [6, 6.07) is 5.00. The van der Waals surface area contributed by atoms with Gasteiger partial charge in [0, 0.05) is 32.2 Å². The zero-order valence-electron chi connectivity index (χ0n) is 19.6. The Morgan fingerprint density at radius 2 is 1.94 bits per heavy atom. The summed E-state index contributed by atoms with van der Waals surface area (Å²) in [5.74, 6) is -0.766. The summed E-state index contributed by atoms with van der Waals surface area (Å²) >= 11 is 0. The van der Waals surface area contributed by atoms with Gasteiger partial charge in [-0.25, -0.2) is 9.59 Å². The lowest BCUT2D eigenvalue weighted by Gasteiger charge is -2.32. The number of nitrogens with zero attached hydrogens (tertiary/aromatic N) is 3. The van der Waals surface area contributed by atoms with Crippen molar-refractivity contribution in [1.29, 1.82) is 0 Å². The van der Waals surface area contributed by atoms with E-state index in [0.717, 1.165) is 23.9 Å². The summed E-state index contributed by atoms with van der Waals surface area (Å²) in [6.45, 7) is 6.66. The predicted molar refractivity (Wildman–Crippen MR) is 122 cm³/mol. The first kappa shape index (κ1) is 24.5. The molecule has 2 aromatic rings. The Balaban J connectivity index is 1.60. The Bertz CT molecular complexity index is 1110. The van der Waals surface area contributed by atoms with Gasteiger partial charge in [0.15, 0.2) is 0 Å². The van der Waals surface area contributed by atoms with Crippen molar-refractivity contribution in [3.63, 3.8) is 0 Å². The fourth-order valence-corrected chi connectivity index (χ4v) is 4.15. The van der Waals surface area contributed by atoms with Gasteiger partial charge in [-0.15, -0.1) is 0 Å². The minimum absolute atomic E-state index is 0.206. The lowest BCUT2D eigenvalue weighted by atomic mass is 10.1. The van der Waals surface area contributed by atoms with Gasteiger partial charge in [-0.05, 0) is 57.7 Å². The largest absolute Gasteiger partial charge is 0.465 e. The van der Waals surface area contributed by atoms with E-state index in [-0.39, 0.29) is 18.0 Å². The van der Waals surface area contributed by atoms with Crippen molar-refractivity contribution in [2.24, 2.45) is 7.05 Å². The third kappa shape index (κ3) is 5.44. The topological polar surface area (TPSA) is 123 Å². The fraction of sp³-hybridized carbons (Fsp3) is 0.565. The second-order valence-corrected chi connectivity index (χ2v) is 9.32. The number of carboxylic acid groups (broad SMARTS) is 1. The summed E-state index contributed by atoms with van der Waals surface area (Å²) in [7, 11) is 1.67. The van der Waals surface area contributed by atoms with Gasteiger partial charge in [-0.3, -0.25) is 24.0 Å². The van der Waals surface area contributed by atoms with Gasteiger partial charge in [0.2, 0.25) is 11.8 Å². The molecule has 1 aromatic heterocycles. The quantitative estimate of drug-likeness (QED) is 0.459. The van der Waals surface area contributed by atoms with E-state index in [9.17, 15) is 24.3 Å². The number of imide groups is 1. The minimum Gasteiger partial charge on any atom is -0.465 e. The molecule has 2 heterocycles. The number of hydrogen-bond donors (Lipinski definition) is 2. The molecule has 0 saturated carbocycles. The maximum atomic E-state index is 12.8. The Hall–Kier alpha value is -3.14. The number of aromatic nitrogens is 2. The average molecular weight is 461 g/mol. The van der Waals surface area contributed by atoms with E-state index < -0.39 is 23.6 Å². The molecule has 0 radical (unpaired) electrons. The van der Waals surface area contributed by atoms with Crippen molar-refractivity contribution in [3.8, 4) is 0 Å². The van der Waals surface area contributed by atoms with Crippen LogP contribution in [-0.4, -0.2) is 62.3 Å². The third-order valence-corrected chi connectivity index (χ3v) is 5.93. The molecule has 1 fully saturated rings. The molecule has 1 unspecified atom stereocenters. The number of piperidine rings is 1. The van der Waals surface area contributed by atoms with Crippen molar-refractivity contribution in [1.82, 2.24) is 19.4 Å². The summed E-state index contributed by atoms with van der Waals surface area (Å²) < 4.78 is 8.61. The number of benzene rings is 1. The molecule has 10 heteroatoms. The molecule has 1 aliphatic rings. The van der Waals surface area contributed by atoms with E-state index in [4.69, 9.17) is 4.74 Å². The van der Waals surface area contributed by atoms with Gasteiger partial charge in [-0.2, -0.15) is 0 Å². The maximum Gasteiger partial charge on any atom is 0.407 e. The zero-order valence-corrected chi connectivity index (χ0v) is 19.6. The Labute approximate surface area is 192 Å². The molecule has 2 N–H and O–H groups in total. The van der Waals surface area contributed by atoms with Crippen LogP contribution >= 0.6 is 0 Å². The number of rotatable bonds is 8. The highest BCUT2D eigenvalue weighted by atomic mass is 16.5. The smallest absolute Gasteiger partial charge is 0.407 e. The SMILES string of the molecule is Cn1c(=O)n(C2CCC(=O)NC2=O)c2ccc(CCCOCCN(C(=O)O)C(C)(C)C)cc21. The van der Waals surface area contributed by atoms with Crippen LogP contribution in [0.1, 0.15) is 51.6 Å². The highest BCUT2D eigenvalue weighted by molar-refractivity contribution is 6.00. The van der Waals surface area contributed by atoms with Crippen molar-refractivity contribution < 1.29 is 24.2 Å². The van der Waals surface area contributed by atoms with Crippen LogP contribution < -0.4 is 11.0 Å². The van der Waals surface area contributed by atoms with E-state index in [0.29, 0.717) is 31.7 Å². The summed E-state index contributed by atoms with van der Waals surface area (Å²) in [5.41, 5.74) is 1.65. The standard InChI is InChI=1S/C23H32N4O6/c1-23(2,3)26(22(31)32)11-13-33-12-5-6-15-7-8-16-18(14-15)25(4)21(30)27(16)17-9-10-19(28)24-20(17)29/h7-8,14,17H,5-6,9-13H2,1-4H3,(H,31,32)(H,24,28,29). The molecule has 1 atom stereocenters. The van der Waals surface area contributed by atoms with E-state index in [1.165, 1.54) is 14.0 Å². The molecule has 33 heavy (non-hydrogen) atoms. The first-order valence-corrected chi connectivity index (χ1v) is 11.1. The minimum atomic E-state index is -0.964. The number of nitrogens with one attached hydrogen (secondary N) is 1. The van der Waals surface area contributed by atoms with Crippen LogP contribution in [0.25, 0.3) is 11.0 Å². The third-order valence-electron chi connectivity index (χ3n) is 5.93. The molecule has 0 aliphatic carbocycles. The zero-order chi connectivity index (χ0) is 24.3. The van der Waals surface area contributed by atoms with Gasteiger partial charge in [0.05, 0.1) is 17.6 Å². The normalized spacial score (nSPS) is 16.8. The number of fused-ring (bicyclic) bond motifs is 1. The first-order chi connectivity index (χ1) is 15.5. The monoisotopic (exact) mass is 460 g/mol. The molecule has 1 saturated heterocycles. The van der Waals surface area contributed by atoms with E-state index >= 15 is 0 Å². The second kappa shape index (κ2) is 9.78. The molecule has 0 spiro atoms. The van der Waals surface area contributed by atoms with Gasteiger partial charge in [0.25, 0.3) is 0 Å². The predicted octanol–water partition coefficient (Wildman–Crippen LogP) is 2.05. The second-order valence-electron chi connectivity index (χ2n) is 9.32. The fourth-order valence-electron chi connectivity index (χ4n) is 4.15. The van der Waals surface area contributed by atoms with Crippen LogP contribution in [0, 0.1) is 0 Å². The molecule has 0 bridgehead atoms. The van der Waals surface area contributed by atoms with Crippen LogP contribution in [0.15, 0.2) is 23.0 Å². The van der Waals surface area contributed by atoms with Gasteiger partial charge in [0.1, 0.15) is 6.04 Å². The molecule has 10 nitrogen and oxygen atoms in total. The number of amides is 3. The number of ether oxygens (including phenoxy) is 1.